The molecule has 0 amide bonds. The second kappa shape index (κ2) is 5.20. The fourth-order valence-corrected chi connectivity index (χ4v) is 2.71. The third-order valence-corrected chi connectivity index (χ3v) is 3.54. The summed E-state index contributed by atoms with van der Waals surface area (Å²) in [5, 5.41) is 6.55. The van der Waals surface area contributed by atoms with Gasteiger partial charge < -0.3 is 21.7 Å². The summed E-state index contributed by atoms with van der Waals surface area (Å²) in [5.74, 6) is 0.930. The van der Waals surface area contributed by atoms with E-state index in [0.717, 1.165) is 16.5 Å². The first-order valence-electron chi connectivity index (χ1n) is 5.53. The molecule has 1 aromatic rings. The third kappa shape index (κ3) is 2.27. The maximum Gasteiger partial charge on any atom is 0.124 e. The van der Waals surface area contributed by atoms with Crippen LogP contribution in [0.25, 0.3) is 0 Å². The summed E-state index contributed by atoms with van der Waals surface area (Å²) in [7, 11) is 0. The van der Waals surface area contributed by atoms with Crippen LogP contribution >= 0.6 is 11.3 Å². The van der Waals surface area contributed by atoms with Crippen molar-refractivity contribution in [3.8, 4) is 0 Å². The van der Waals surface area contributed by atoms with E-state index < -0.39 is 0 Å². The summed E-state index contributed by atoms with van der Waals surface area (Å²) >= 11 is 1.68. The second-order valence-corrected chi connectivity index (χ2v) is 4.64. The fraction of sp³-hybridized carbons (Fsp3) is 0.364. The molecule has 1 aliphatic heterocycles. The highest BCUT2D eigenvalue weighted by atomic mass is 32.1. The lowest BCUT2D eigenvalue weighted by Gasteiger charge is -2.33. The van der Waals surface area contributed by atoms with E-state index in [9.17, 15) is 0 Å². The molecule has 0 aromatic carbocycles. The Balaban J connectivity index is 2.33. The monoisotopic (exact) mass is 251 g/mol. The first kappa shape index (κ1) is 11.9. The van der Waals surface area contributed by atoms with E-state index >= 15 is 0 Å². The number of nitrogens with one attached hydrogen (secondary N) is 1. The molecular weight excluding hydrogens is 234 g/mol. The standard InChI is InChI=1S/C11H17N5S/c1-8-10(14-5-3-12)15-9-2-7-17-11(9)16(8)6-4-13/h2,4,6-8H,3,5,12-13H2,1H3,(H,14,15)/b6-4-. The van der Waals surface area contributed by atoms with Crippen LogP contribution in [0.2, 0.25) is 0 Å². The molecule has 0 fully saturated rings. The van der Waals surface area contributed by atoms with Gasteiger partial charge in [0, 0.05) is 18.9 Å². The molecule has 5 nitrogen and oxygen atoms in total. The van der Waals surface area contributed by atoms with Crippen LogP contribution in [0.1, 0.15) is 6.92 Å². The number of hydrogen-bond donors (Lipinski definition) is 3. The highest BCUT2D eigenvalue weighted by Gasteiger charge is 2.27. The van der Waals surface area contributed by atoms with Crippen LogP contribution in [0.15, 0.2) is 28.8 Å². The minimum atomic E-state index is 0.146. The number of nitrogens with two attached hydrogens (primary N) is 2. The van der Waals surface area contributed by atoms with Gasteiger partial charge in [-0.05, 0) is 18.4 Å². The van der Waals surface area contributed by atoms with Crippen molar-refractivity contribution >= 4 is 27.9 Å². The average Bonchev–Trinajstić information content (AvgIpc) is 2.78. The molecule has 1 unspecified atom stereocenters. The topological polar surface area (TPSA) is 79.7 Å². The molecule has 1 aromatic heterocycles. The van der Waals surface area contributed by atoms with Crippen molar-refractivity contribution in [2.45, 2.75) is 13.0 Å². The zero-order chi connectivity index (χ0) is 12.3. The first-order valence-corrected chi connectivity index (χ1v) is 6.41. The lowest BCUT2D eigenvalue weighted by atomic mass is 10.2. The van der Waals surface area contributed by atoms with Gasteiger partial charge >= 0.3 is 0 Å². The average molecular weight is 251 g/mol. The van der Waals surface area contributed by atoms with Crippen molar-refractivity contribution in [1.29, 1.82) is 0 Å². The Bertz CT molecular complexity index is 437. The van der Waals surface area contributed by atoms with Crippen LogP contribution in [0, 0.1) is 0 Å². The summed E-state index contributed by atoms with van der Waals surface area (Å²) in [6.07, 6.45) is 3.42. The smallest absolute Gasteiger partial charge is 0.124 e. The van der Waals surface area contributed by atoms with E-state index in [1.165, 1.54) is 0 Å². The Morgan fingerprint density at radius 1 is 1.65 bits per heavy atom. The van der Waals surface area contributed by atoms with Crippen LogP contribution in [0.3, 0.4) is 0 Å². The highest BCUT2D eigenvalue weighted by molar-refractivity contribution is 7.15. The minimum absolute atomic E-state index is 0.146. The van der Waals surface area contributed by atoms with Crippen molar-refractivity contribution in [1.82, 2.24) is 0 Å². The van der Waals surface area contributed by atoms with Crippen molar-refractivity contribution in [3.63, 3.8) is 0 Å². The Labute approximate surface area is 105 Å². The van der Waals surface area contributed by atoms with E-state index in [0.29, 0.717) is 13.1 Å². The van der Waals surface area contributed by atoms with Crippen molar-refractivity contribution in [3.05, 3.63) is 23.8 Å². The molecule has 17 heavy (non-hydrogen) atoms. The predicted molar refractivity (Wildman–Crippen MR) is 74.6 cm³/mol. The Morgan fingerprint density at radius 3 is 3.18 bits per heavy atom. The lowest BCUT2D eigenvalue weighted by molar-refractivity contribution is 0.868. The fourth-order valence-electron chi connectivity index (χ4n) is 1.79. The largest absolute Gasteiger partial charge is 0.403 e. The summed E-state index contributed by atoms with van der Waals surface area (Å²) < 4.78 is 0. The van der Waals surface area contributed by atoms with Gasteiger partial charge in [-0.3, -0.25) is 4.99 Å². The molecule has 6 heteroatoms. The number of fused-ring (bicyclic) bond motifs is 1. The van der Waals surface area contributed by atoms with Crippen LogP contribution < -0.4 is 21.7 Å². The molecule has 5 N–H and O–H groups in total. The lowest BCUT2D eigenvalue weighted by Crippen LogP contribution is -2.43. The van der Waals surface area contributed by atoms with Crippen LogP contribution in [0.5, 0.6) is 0 Å². The van der Waals surface area contributed by atoms with E-state index in [-0.39, 0.29) is 6.04 Å². The van der Waals surface area contributed by atoms with Gasteiger partial charge in [0.15, 0.2) is 0 Å². The molecule has 92 valence electrons. The predicted octanol–water partition coefficient (Wildman–Crippen LogP) is 1.16. The van der Waals surface area contributed by atoms with Gasteiger partial charge in [0.2, 0.25) is 0 Å². The number of hydrogen-bond acceptors (Lipinski definition) is 5. The van der Waals surface area contributed by atoms with E-state index in [1.807, 2.05) is 17.6 Å². The number of rotatable bonds is 3. The molecule has 0 saturated carbocycles. The zero-order valence-corrected chi connectivity index (χ0v) is 10.6. The molecule has 0 radical (unpaired) electrons. The van der Waals surface area contributed by atoms with E-state index in [4.69, 9.17) is 11.5 Å². The SMILES string of the molecule is CC1C(=NCCN)Nc2ccsc2N1/C=C\N. The van der Waals surface area contributed by atoms with Crippen LogP contribution in [-0.2, 0) is 0 Å². The molecule has 0 spiro atoms. The van der Waals surface area contributed by atoms with Gasteiger partial charge in [-0.2, -0.15) is 0 Å². The summed E-state index contributed by atoms with van der Waals surface area (Å²) in [6, 6.07) is 2.19. The molecule has 0 bridgehead atoms. The maximum absolute atomic E-state index is 5.50. The van der Waals surface area contributed by atoms with Crippen molar-refractivity contribution in [2.24, 2.45) is 16.5 Å². The number of thiophene rings is 1. The zero-order valence-electron chi connectivity index (χ0n) is 9.76. The highest BCUT2D eigenvalue weighted by Crippen LogP contribution is 2.37. The Morgan fingerprint density at radius 2 is 2.47 bits per heavy atom. The van der Waals surface area contributed by atoms with Gasteiger partial charge in [-0.1, -0.05) is 0 Å². The van der Waals surface area contributed by atoms with Gasteiger partial charge in [0.25, 0.3) is 0 Å². The summed E-state index contributed by atoms with van der Waals surface area (Å²) in [6.45, 7) is 3.28. The molecule has 2 rings (SSSR count). The molecule has 1 atom stereocenters. The summed E-state index contributed by atoms with van der Waals surface area (Å²) in [4.78, 5) is 6.58. The molecule has 1 aliphatic rings. The number of aliphatic imine (C=N–C) groups is 1. The van der Waals surface area contributed by atoms with Crippen molar-refractivity contribution < 1.29 is 0 Å². The molecule has 2 heterocycles. The number of nitrogens with zero attached hydrogens (tertiary/aromatic N) is 2. The third-order valence-electron chi connectivity index (χ3n) is 2.61. The minimum Gasteiger partial charge on any atom is -0.403 e. The normalized spacial score (nSPS) is 21.9. The van der Waals surface area contributed by atoms with Crippen molar-refractivity contribution in [2.75, 3.05) is 23.3 Å². The van der Waals surface area contributed by atoms with E-state index in [2.05, 4.69) is 22.1 Å². The Kier molecular flexibility index (Phi) is 3.65. The van der Waals surface area contributed by atoms with Gasteiger partial charge in [0.05, 0.1) is 18.3 Å². The maximum atomic E-state index is 5.50. The van der Waals surface area contributed by atoms with Gasteiger partial charge in [0.1, 0.15) is 10.8 Å². The van der Waals surface area contributed by atoms with Crippen LogP contribution in [0.4, 0.5) is 10.7 Å². The summed E-state index contributed by atoms with van der Waals surface area (Å²) in [5.41, 5.74) is 12.0. The van der Waals surface area contributed by atoms with Gasteiger partial charge in [-0.15, -0.1) is 11.3 Å². The number of amidine groups is 1. The van der Waals surface area contributed by atoms with Gasteiger partial charge in [-0.25, -0.2) is 0 Å². The van der Waals surface area contributed by atoms with Crippen LogP contribution in [-0.4, -0.2) is 25.0 Å². The number of anilines is 2. The quantitative estimate of drug-likeness (QED) is 0.753. The molecule has 0 aliphatic carbocycles. The molecule has 0 saturated heterocycles. The second-order valence-electron chi connectivity index (χ2n) is 3.74. The Hall–Kier alpha value is -1.53. The van der Waals surface area contributed by atoms with E-state index in [1.54, 1.807) is 17.5 Å². The molecular formula is C11H17N5S. The first-order chi connectivity index (χ1) is 8.27.